The van der Waals surface area contributed by atoms with Crippen LogP contribution < -0.4 is 0 Å². The summed E-state index contributed by atoms with van der Waals surface area (Å²) in [6.45, 7) is 0. The van der Waals surface area contributed by atoms with E-state index in [9.17, 15) is 4.79 Å². The van der Waals surface area contributed by atoms with E-state index in [1.165, 1.54) is 12.4 Å². The Morgan fingerprint density at radius 1 is 1.67 bits per heavy atom. The van der Waals surface area contributed by atoms with E-state index in [0.717, 1.165) is 0 Å². The number of carboxylic acid groups (broad SMARTS) is 1. The quantitative estimate of drug-likeness (QED) is 0.661. The van der Waals surface area contributed by atoms with Gasteiger partial charge in [-0.25, -0.2) is 9.97 Å². The van der Waals surface area contributed by atoms with Crippen LogP contribution in [-0.2, 0) is 11.2 Å². The van der Waals surface area contributed by atoms with Gasteiger partial charge in [-0.05, 0) is 6.07 Å². The van der Waals surface area contributed by atoms with Gasteiger partial charge in [0.1, 0.15) is 18.1 Å². The number of carboxylic acids is 1. The summed E-state index contributed by atoms with van der Waals surface area (Å²) in [6, 6.07) is 3.15. The molecule has 5 heteroatoms. The second kappa shape index (κ2) is 3.44. The SMILES string of the molecule is N#Cc1cc(CC(=O)O)ncn1. The van der Waals surface area contributed by atoms with Gasteiger partial charge in [0, 0.05) is 0 Å². The Morgan fingerprint density at radius 2 is 2.42 bits per heavy atom. The molecule has 0 aromatic carbocycles. The average molecular weight is 163 g/mol. The molecule has 0 amide bonds. The van der Waals surface area contributed by atoms with Crippen molar-refractivity contribution in [3.05, 3.63) is 23.8 Å². The molecule has 0 unspecified atom stereocenters. The molecule has 0 spiro atoms. The lowest BCUT2D eigenvalue weighted by Gasteiger charge is -1.93. The fourth-order valence-corrected chi connectivity index (χ4v) is 0.710. The highest BCUT2D eigenvalue weighted by Gasteiger charge is 2.02. The molecule has 0 fully saturated rings. The monoisotopic (exact) mass is 163 g/mol. The van der Waals surface area contributed by atoms with Gasteiger partial charge in [0.15, 0.2) is 0 Å². The van der Waals surface area contributed by atoms with Gasteiger partial charge in [-0.1, -0.05) is 0 Å². The molecule has 1 aromatic heterocycles. The van der Waals surface area contributed by atoms with Crippen LogP contribution in [0.15, 0.2) is 12.4 Å². The molecule has 0 saturated heterocycles. The van der Waals surface area contributed by atoms with Crippen molar-refractivity contribution < 1.29 is 9.90 Å². The third kappa shape index (κ3) is 2.02. The van der Waals surface area contributed by atoms with Gasteiger partial charge in [0.2, 0.25) is 0 Å². The standard InChI is InChI=1S/C7H5N3O2/c8-3-6-1-5(2-7(11)12)9-4-10-6/h1,4H,2H2,(H,11,12). The molecule has 12 heavy (non-hydrogen) atoms. The zero-order valence-corrected chi connectivity index (χ0v) is 6.06. The molecule has 0 saturated carbocycles. The van der Waals surface area contributed by atoms with E-state index >= 15 is 0 Å². The summed E-state index contributed by atoms with van der Waals surface area (Å²) in [5.41, 5.74) is 0.523. The first-order valence-corrected chi connectivity index (χ1v) is 3.15. The van der Waals surface area contributed by atoms with Crippen molar-refractivity contribution in [3.8, 4) is 6.07 Å². The largest absolute Gasteiger partial charge is 0.481 e. The molecular weight excluding hydrogens is 158 g/mol. The number of nitrogens with zero attached hydrogens (tertiary/aromatic N) is 3. The molecule has 1 rings (SSSR count). The Labute approximate surface area is 68.3 Å². The van der Waals surface area contributed by atoms with Crippen molar-refractivity contribution in [2.45, 2.75) is 6.42 Å². The number of hydrogen-bond donors (Lipinski definition) is 1. The van der Waals surface area contributed by atoms with Crippen LogP contribution in [0.25, 0.3) is 0 Å². The third-order valence-corrected chi connectivity index (χ3v) is 1.17. The van der Waals surface area contributed by atoms with Crippen LogP contribution in [0.3, 0.4) is 0 Å². The molecule has 0 aliphatic carbocycles. The Balaban J connectivity index is 2.88. The van der Waals surface area contributed by atoms with Gasteiger partial charge in [-0.2, -0.15) is 5.26 Å². The van der Waals surface area contributed by atoms with Gasteiger partial charge in [-0.15, -0.1) is 0 Å². The molecule has 1 aromatic rings. The highest BCUT2D eigenvalue weighted by molar-refractivity contribution is 5.69. The molecule has 60 valence electrons. The van der Waals surface area contributed by atoms with Crippen molar-refractivity contribution in [1.29, 1.82) is 5.26 Å². The minimum absolute atomic E-state index is 0.182. The predicted molar refractivity (Wildman–Crippen MR) is 38.1 cm³/mol. The summed E-state index contributed by atoms with van der Waals surface area (Å²) in [5.74, 6) is -0.974. The van der Waals surface area contributed by atoms with Crippen molar-refractivity contribution in [2.75, 3.05) is 0 Å². The number of aliphatic carboxylic acids is 1. The topological polar surface area (TPSA) is 86.9 Å². The van der Waals surface area contributed by atoms with E-state index in [1.54, 1.807) is 6.07 Å². The fourth-order valence-electron chi connectivity index (χ4n) is 0.710. The molecule has 0 aliphatic heterocycles. The van der Waals surface area contributed by atoms with E-state index in [-0.39, 0.29) is 12.1 Å². The minimum atomic E-state index is -0.974. The van der Waals surface area contributed by atoms with E-state index in [1.807, 2.05) is 0 Å². The van der Waals surface area contributed by atoms with Crippen molar-refractivity contribution in [2.24, 2.45) is 0 Å². The van der Waals surface area contributed by atoms with Gasteiger partial charge >= 0.3 is 5.97 Å². The Kier molecular flexibility index (Phi) is 2.33. The first kappa shape index (κ1) is 8.14. The third-order valence-electron chi connectivity index (χ3n) is 1.17. The van der Waals surface area contributed by atoms with Gasteiger partial charge in [0.25, 0.3) is 0 Å². The first-order chi connectivity index (χ1) is 5.72. The molecule has 0 atom stereocenters. The molecule has 0 bridgehead atoms. The van der Waals surface area contributed by atoms with Crippen LogP contribution in [0.1, 0.15) is 11.4 Å². The predicted octanol–water partition coefficient (Wildman–Crippen LogP) is -0.0246. The molecule has 0 radical (unpaired) electrons. The molecule has 5 nitrogen and oxygen atoms in total. The van der Waals surface area contributed by atoms with E-state index in [2.05, 4.69) is 9.97 Å². The fraction of sp³-hybridized carbons (Fsp3) is 0.143. The van der Waals surface area contributed by atoms with Crippen molar-refractivity contribution in [3.63, 3.8) is 0 Å². The lowest BCUT2D eigenvalue weighted by Crippen LogP contribution is -2.03. The number of aromatic nitrogens is 2. The van der Waals surface area contributed by atoms with Gasteiger partial charge < -0.3 is 5.11 Å². The summed E-state index contributed by atoms with van der Waals surface area (Å²) in [4.78, 5) is 17.5. The van der Waals surface area contributed by atoms with Crippen LogP contribution in [0.2, 0.25) is 0 Å². The molecule has 1 N–H and O–H groups in total. The zero-order valence-electron chi connectivity index (χ0n) is 6.06. The molecule has 0 aliphatic rings. The maximum atomic E-state index is 10.2. The number of rotatable bonds is 2. The zero-order chi connectivity index (χ0) is 8.97. The van der Waals surface area contributed by atoms with E-state index < -0.39 is 5.97 Å². The average Bonchev–Trinajstić information content (AvgIpc) is 2.03. The number of nitriles is 1. The van der Waals surface area contributed by atoms with Crippen LogP contribution in [0.5, 0.6) is 0 Å². The second-order valence-corrected chi connectivity index (χ2v) is 2.08. The maximum Gasteiger partial charge on any atom is 0.309 e. The highest BCUT2D eigenvalue weighted by Crippen LogP contribution is 1.97. The van der Waals surface area contributed by atoms with Crippen LogP contribution in [0.4, 0.5) is 0 Å². The van der Waals surface area contributed by atoms with E-state index in [0.29, 0.717) is 5.69 Å². The lowest BCUT2D eigenvalue weighted by molar-refractivity contribution is -0.136. The van der Waals surface area contributed by atoms with Gasteiger partial charge in [0.05, 0.1) is 12.1 Å². The van der Waals surface area contributed by atoms with Crippen molar-refractivity contribution >= 4 is 5.97 Å². The number of carbonyl (C=O) groups is 1. The van der Waals surface area contributed by atoms with Gasteiger partial charge in [-0.3, -0.25) is 4.79 Å². The summed E-state index contributed by atoms with van der Waals surface area (Å²) < 4.78 is 0. The Hall–Kier alpha value is -1.96. The Morgan fingerprint density at radius 3 is 3.00 bits per heavy atom. The van der Waals surface area contributed by atoms with Crippen LogP contribution in [0, 0.1) is 11.3 Å². The normalized spacial score (nSPS) is 8.92. The molecule has 1 heterocycles. The highest BCUT2D eigenvalue weighted by atomic mass is 16.4. The Bertz CT molecular complexity index is 343. The summed E-state index contributed by atoms with van der Waals surface area (Å²) in [5, 5.41) is 16.8. The minimum Gasteiger partial charge on any atom is -0.481 e. The molecular formula is C7H5N3O2. The van der Waals surface area contributed by atoms with E-state index in [4.69, 9.17) is 10.4 Å². The van der Waals surface area contributed by atoms with Crippen molar-refractivity contribution in [1.82, 2.24) is 9.97 Å². The number of hydrogen-bond acceptors (Lipinski definition) is 4. The summed E-state index contributed by atoms with van der Waals surface area (Å²) >= 11 is 0. The second-order valence-electron chi connectivity index (χ2n) is 2.08. The first-order valence-electron chi connectivity index (χ1n) is 3.15. The smallest absolute Gasteiger partial charge is 0.309 e. The van der Waals surface area contributed by atoms with Crippen LogP contribution >= 0.6 is 0 Å². The maximum absolute atomic E-state index is 10.2. The summed E-state index contributed by atoms with van der Waals surface area (Å²) in [7, 11) is 0. The van der Waals surface area contributed by atoms with Crippen LogP contribution in [-0.4, -0.2) is 21.0 Å². The summed E-state index contributed by atoms with van der Waals surface area (Å²) in [6.07, 6.45) is 0.994. The lowest BCUT2D eigenvalue weighted by atomic mass is 10.2.